The Hall–Kier alpha value is -2.80. The van der Waals surface area contributed by atoms with Crippen molar-refractivity contribution in [3.05, 3.63) is 69.5 Å². The lowest BCUT2D eigenvalue weighted by Crippen LogP contribution is -2.48. The molecule has 7 heteroatoms. The van der Waals surface area contributed by atoms with Crippen LogP contribution in [0.15, 0.2) is 42.7 Å². The van der Waals surface area contributed by atoms with Crippen LogP contribution < -0.4 is 5.32 Å². The van der Waals surface area contributed by atoms with Gasteiger partial charge in [-0.05, 0) is 24.6 Å². The summed E-state index contributed by atoms with van der Waals surface area (Å²) in [6.45, 7) is 3.53. The van der Waals surface area contributed by atoms with E-state index in [9.17, 15) is 14.9 Å². The lowest BCUT2D eigenvalue weighted by Gasteiger charge is -2.36. The van der Waals surface area contributed by atoms with Gasteiger partial charge in [0, 0.05) is 49.2 Å². The molecule has 1 aromatic carbocycles. The molecule has 1 aliphatic heterocycles. The maximum absolute atomic E-state index is 12.9. The van der Waals surface area contributed by atoms with Crippen LogP contribution in [-0.4, -0.2) is 40.3 Å². The molecule has 1 atom stereocenters. The summed E-state index contributed by atoms with van der Waals surface area (Å²) in [7, 11) is 0. The number of rotatable bonds is 3. The van der Waals surface area contributed by atoms with E-state index in [1.165, 1.54) is 6.07 Å². The summed E-state index contributed by atoms with van der Waals surface area (Å²) in [4.78, 5) is 29.5. The van der Waals surface area contributed by atoms with Crippen LogP contribution in [0, 0.1) is 17.0 Å². The lowest BCUT2D eigenvalue weighted by molar-refractivity contribution is -0.385. The molecule has 1 fully saturated rings. The van der Waals surface area contributed by atoms with Gasteiger partial charge in [0.1, 0.15) is 0 Å². The van der Waals surface area contributed by atoms with Crippen molar-refractivity contribution in [3.63, 3.8) is 0 Å². The molecule has 0 radical (unpaired) electrons. The zero-order valence-corrected chi connectivity index (χ0v) is 13.3. The summed E-state index contributed by atoms with van der Waals surface area (Å²) in [5.74, 6) is -0.201. The number of piperazine rings is 1. The average Bonchev–Trinajstić information content (AvgIpc) is 2.62. The third-order valence-corrected chi connectivity index (χ3v) is 4.23. The highest BCUT2D eigenvalue weighted by Crippen LogP contribution is 2.26. The minimum atomic E-state index is -0.456. The number of nitro benzene ring substituents is 1. The van der Waals surface area contributed by atoms with Crippen molar-refractivity contribution in [3.8, 4) is 0 Å². The summed E-state index contributed by atoms with van der Waals surface area (Å²) in [5, 5.41) is 14.4. The molecular formula is C17H18N4O3. The van der Waals surface area contributed by atoms with Gasteiger partial charge in [0.25, 0.3) is 11.6 Å². The molecule has 1 aliphatic rings. The van der Waals surface area contributed by atoms with E-state index in [-0.39, 0.29) is 17.6 Å². The van der Waals surface area contributed by atoms with E-state index in [0.717, 1.165) is 5.56 Å². The number of nitrogens with zero attached hydrogens (tertiary/aromatic N) is 3. The second kappa shape index (κ2) is 6.76. The van der Waals surface area contributed by atoms with Crippen molar-refractivity contribution in [2.45, 2.75) is 13.0 Å². The Balaban J connectivity index is 1.92. The number of hydrogen-bond donors (Lipinski definition) is 1. The second-order valence-electron chi connectivity index (χ2n) is 5.76. The first kappa shape index (κ1) is 16.1. The predicted molar refractivity (Wildman–Crippen MR) is 88.7 cm³/mol. The van der Waals surface area contributed by atoms with Crippen LogP contribution in [0.2, 0.25) is 0 Å². The number of aromatic nitrogens is 1. The molecule has 1 amide bonds. The van der Waals surface area contributed by atoms with Crippen molar-refractivity contribution in [1.82, 2.24) is 15.2 Å². The predicted octanol–water partition coefficient (Wildman–Crippen LogP) is 2.08. The third-order valence-electron chi connectivity index (χ3n) is 4.23. The summed E-state index contributed by atoms with van der Waals surface area (Å²) in [5.41, 5.74) is 1.79. The van der Waals surface area contributed by atoms with E-state index < -0.39 is 4.92 Å². The van der Waals surface area contributed by atoms with Gasteiger partial charge >= 0.3 is 0 Å². The molecule has 2 heterocycles. The van der Waals surface area contributed by atoms with Gasteiger partial charge in [0.2, 0.25) is 0 Å². The van der Waals surface area contributed by atoms with Crippen molar-refractivity contribution >= 4 is 11.6 Å². The van der Waals surface area contributed by atoms with Gasteiger partial charge in [-0.3, -0.25) is 19.9 Å². The maximum atomic E-state index is 12.9. The molecule has 0 saturated carbocycles. The highest BCUT2D eigenvalue weighted by Gasteiger charge is 2.29. The largest absolute Gasteiger partial charge is 0.329 e. The first-order valence-corrected chi connectivity index (χ1v) is 7.74. The topological polar surface area (TPSA) is 88.4 Å². The third kappa shape index (κ3) is 3.11. The molecule has 24 heavy (non-hydrogen) atoms. The van der Waals surface area contributed by atoms with Crippen LogP contribution in [0.4, 0.5) is 5.69 Å². The van der Waals surface area contributed by atoms with Gasteiger partial charge in [0.05, 0.1) is 11.0 Å². The molecule has 7 nitrogen and oxygen atoms in total. The van der Waals surface area contributed by atoms with Gasteiger partial charge in [-0.15, -0.1) is 0 Å². The smallest absolute Gasteiger partial charge is 0.273 e. The molecule has 3 rings (SSSR count). The van der Waals surface area contributed by atoms with E-state index in [1.807, 2.05) is 12.1 Å². The van der Waals surface area contributed by atoms with Crippen molar-refractivity contribution < 1.29 is 9.72 Å². The molecule has 124 valence electrons. The standard InChI is InChI=1S/C17H18N4O3/c1-12-4-5-13(9-15(12)21(23)24)17(22)20-8-7-19-11-16(20)14-3-2-6-18-10-14/h2-6,9-10,16,19H,7-8,11H2,1H3. The van der Waals surface area contributed by atoms with Crippen molar-refractivity contribution in [1.29, 1.82) is 0 Å². The Morgan fingerprint density at radius 2 is 2.25 bits per heavy atom. The number of amides is 1. The molecule has 0 bridgehead atoms. The first-order valence-electron chi connectivity index (χ1n) is 7.74. The van der Waals surface area contributed by atoms with E-state index in [0.29, 0.717) is 30.8 Å². The minimum Gasteiger partial charge on any atom is -0.329 e. The van der Waals surface area contributed by atoms with E-state index in [1.54, 1.807) is 36.4 Å². The molecular weight excluding hydrogens is 308 g/mol. The van der Waals surface area contributed by atoms with Crippen molar-refractivity contribution in [2.24, 2.45) is 0 Å². The zero-order chi connectivity index (χ0) is 17.1. The van der Waals surface area contributed by atoms with E-state index in [4.69, 9.17) is 0 Å². The molecule has 1 aromatic heterocycles. The lowest BCUT2D eigenvalue weighted by atomic mass is 10.0. The molecule has 0 spiro atoms. The fraction of sp³-hybridized carbons (Fsp3) is 0.294. The number of carbonyl (C=O) groups is 1. The molecule has 1 N–H and O–H groups in total. The number of carbonyl (C=O) groups excluding carboxylic acids is 1. The SMILES string of the molecule is Cc1ccc(C(=O)N2CCNCC2c2cccnc2)cc1[N+](=O)[O-]. The number of hydrogen-bond acceptors (Lipinski definition) is 5. The highest BCUT2D eigenvalue weighted by molar-refractivity contribution is 5.95. The van der Waals surface area contributed by atoms with Crippen molar-refractivity contribution in [2.75, 3.05) is 19.6 Å². The van der Waals surface area contributed by atoms with Crippen LogP contribution in [0.5, 0.6) is 0 Å². The van der Waals surface area contributed by atoms with E-state index in [2.05, 4.69) is 10.3 Å². The molecule has 1 saturated heterocycles. The second-order valence-corrected chi connectivity index (χ2v) is 5.76. The first-order chi connectivity index (χ1) is 11.6. The summed E-state index contributed by atoms with van der Waals surface area (Å²) in [6, 6.07) is 8.26. The summed E-state index contributed by atoms with van der Waals surface area (Å²) < 4.78 is 0. The monoisotopic (exact) mass is 326 g/mol. The quantitative estimate of drug-likeness (QED) is 0.689. The molecule has 2 aromatic rings. The van der Waals surface area contributed by atoms with Crippen LogP contribution >= 0.6 is 0 Å². The Labute approximate surface area is 139 Å². The molecule has 0 aliphatic carbocycles. The number of nitrogens with one attached hydrogen (secondary N) is 1. The fourth-order valence-corrected chi connectivity index (χ4v) is 2.92. The Bertz CT molecular complexity index is 764. The fourth-order valence-electron chi connectivity index (χ4n) is 2.92. The zero-order valence-electron chi connectivity index (χ0n) is 13.3. The van der Waals surface area contributed by atoms with Crippen LogP contribution in [0.3, 0.4) is 0 Å². The van der Waals surface area contributed by atoms with Gasteiger partial charge in [0.15, 0.2) is 0 Å². The van der Waals surface area contributed by atoms with Gasteiger partial charge in [-0.1, -0.05) is 12.1 Å². The Morgan fingerprint density at radius 3 is 2.96 bits per heavy atom. The number of aryl methyl sites for hydroxylation is 1. The summed E-state index contributed by atoms with van der Waals surface area (Å²) >= 11 is 0. The Kier molecular flexibility index (Phi) is 4.52. The van der Waals surface area contributed by atoms with Gasteiger partial charge < -0.3 is 10.2 Å². The number of nitro groups is 1. The Morgan fingerprint density at radius 1 is 1.42 bits per heavy atom. The highest BCUT2D eigenvalue weighted by atomic mass is 16.6. The normalized spacial score (nSPS) is 17.5. The number of benzene rings is 1. The molecule has 1 unspecified atom stereocenters. The van der Waals surface area contributed by atoms with Crippen LogP contribution in [-0.2, 0) is 0 Å². The van der Waals surface area contributed by atoms with E-state index >= 15 is 0 Å². The van der Waals surface area contributed by atoms with Gasteiger partial charge in [-0.2, -0.15) is 0 Å². The summed E-state index contributed by atoms with van der Waals surface area (Å²) in [6.07, 6.45) is 3.44. The van der Waals surface area contributed by atoms with Gasteiger partial charge in [-0.25, -0.2) is 0 Å². The maximum Gasteiger partial charge on any atom is 0.273 e. The average molecular weight is 326 g/mol. The van der Waals surface area contributed by atoms with Crippen LogP contribution in [0.25, 0.3) is 0 Å². The van der Waals surface area contributed by atoms with Crippen LogP contribution in [0.1, 0.15) is 27.5 Å². The minimum absolute atomic E-state index is 0.0334. The number of pyridine rings is 1.